The molecule has 1 unspecified atom stereocenters. The van der Waals surface area contributed by atoms with Crippen molar-refractivity contribution in [2.75, 3.05) is 55.6 Å². The van der Waals surface area contributed by atoms with Crippen LogP contribution >= 0.6 is 11.6 Å². The minimum Gasteiger partial charge on any atom is -0.444 e. The van der Waals surface area contributed by atoms with E-state index in [1.807, 2.05) is 53.7 Å². The van der Waals surface area contributed by atoms with E-state index in [1.165, 1.54) is 0 Å². The zero-order chi connectivity index (χ0) is 27.7. The number of anilines is 2. The Morgan fingerprint density at radius 3 is 2.32 bits per heavy atom. The molecule has 1 aromatic carbocycles. The number of aromatic nitrogens is 1. The predicted octanol–water partition coefficient (Wildman–Crippen LogP) is 5.30. The molecular formula is C28H40ClN5O4. The number of carbonyl (C=O) groups excluding carboxylic acids is 2. The number of ether oxygens (including phenoxy) is 2. The molecule has 2 fully saturated rings. The van der Waals surface area contributed by atoms with Crippen molar-refractivity contribution < 1.29 is 19.1 Å². The Balaban J connectivity index is 1.36. The van der Waals surface area contributed by atoms with Gasteiger partial charge in [0, 0.05) is 56.9 Å². The van der Waals surface area contributed by atoms with E-state index in [0.29, 0.717) is 43.7 Å². The molecule has 10 heteroatoms. The molecule has 4 rings (SSSR count). The van der Waals surface area contributed by atoms with E-state index in [9.17, 15) is 9.59 Å². The third-order valence-corrected chi connectivity index (χ3v) is 6.83. The van der Waals surface area contributed by atoms with Gasteiger partial charge in [0.1, 0.15) is 17.0 Å². The number of carbonyl (C=O) groups is 2. The number of amides is 2. The van der Waals surface area contributed by atoms with Crippen molar-refractivity contribution in [3.63, 3.8) is 0 Å². The maximum absolute atomic E-state index is 12.4. The molecule has 1 N–H and O–H groups in total. The van der Waals surface area contributed by atoms with E-state index in [1.54, 1.807) is 4.90 Å². The molecule has 9 nitrogen and oxygen atoms in total. The monoisotopic (exact) mass is 545 g/mol. The first-order valence-electron chi connectivity index (χ1n) is 13.3. The lowest BCUT2D eigenvalue weighted by molar-refractivity contribution is 0.0240. The molecule has 2 saturated heterocycles. The van der Waals surface area contributed by atoms with Crippen LogP contribution in [0.5, 0.6) is 0 Å². The van der Waals surface area contributed by atoms with E-state index in [0.717, 1.165) is 41.9 Å². The Kier molecular flexibility index (Phi) is 8.16. The zero-order valence-corrected chi connectivity index (χ0v) is 24.1. The summed E-state index contributed by atoms with van der Waals surface area (Å²) in [6.45, 7) is 16.0. The van der Waals surface area contributed by atoms with Crippen LogP contribution in [0.4, 0.5) is 21.1 Å². The molecule has 0 spiro atoms. The first-order valence-corrected chi connectivity index (χ1v) is 13.7. The third kappa shape index (κ3) is 7.34. The van der Waals surface area contributed by atoms with E-state index in [2.05, 4.69) is 27.2 Å². The standard InChI is InChI=1S/C28H40ClN5O4/c1-27(2,3)37-25(35)30-17-19-9-10-34(18-19)21-7-8-23-20(15-21)16-22(29)24(31-23)32-11-13-33(14-12-32)26(36)38-28(4,5)6/h7-8,15-16,19H,9-14,17-18H2,1-6H3,(H,30,35). The summed E-state index contributed by atoms with van der Waals surface area (Å²) in [6.07, 6.45) is 0.345. The lowest BCUT2D eigenvalue weighted by atomic mass is 10.1. The summed E-state index contributed by atoms with van der Waals surface area (Å²) in [5.74, 6) is 1.10. The van der Waals surface area contributed by atoms with E-state index >= 15 is 0 Å². The van der Waals surface area contributed by atoms with Crippen molar-refractivity contribution >= 4 is 46.2 Å². The Morgan fingerprint density at radius 1 is 0.974 bits per heavy atom. The van der Waals surface area contributed by atoms with Gasteiger partial charge in [-0.15, -0.1) is 0 Å². The number of halogens is 1. The topological polar surface area (TPSA) is 87.2 Å². The van der Waals surface area contributed by atoms with Crippen LogP contribution in [0.15, 0.2) is 24.3 Å². The van der Waals surface area contributed by atoms with Gasteiger partial charge in [-0.1, -0.05) is 11.6 Å². The van der Waals surface area contributed by atoms with Crippen molar-refractivity contribution in [1.29, 1.82) is 0 Å². The molecule has 0 radical (unpaired) electrons. The molecular weight excluding hydrogens is 506 g/mol. The molecule has 0 saturated carbocycles. The SMILES string of the molecule is CC(C)(C)OC(=O)NCC1CCN(c2ccc3nc(N4CCN(C(=O)OC(C)(C)C)CC4)c(Cl)cc3c2)C1. The summed E-state index contributed by atoms with van der Waals surface area (Å²) in [7, 11) is 0. The first kappa shape index (κ1) is 28.1. The van der Waals surface area contributed by atoms with Crippen LogP contribution in [0.3, 0.4) is 0 Å². The smallest absolute Gasteiger partial charge is 0.410 e. The largest absolute Gasteiger partial charge is 0.444 e. The Bertz CT molecular complexity index is 1170. The summed E-state index contributed by atoms with van der Waals surface area (Å²) in [5, 5.41) is 4.48. The van der Waals surface area contributed by atoms with Gasteiger partial charge >= 0.3 is 12.2 Å². The molecule has 3 heterocycles. The number of hydrogen-bond donors (Lipinski definition) is 1. The van der Waals surface area contributed by atoms with Gasteiger partial charge in [-0.25, -0.2) is 14.6 Å². The number of alkyl carbamates (subject to hydrolysis) is 1. The van der Waals surface area contributed by atoms with Crippen LogP contribution in [-0.4, -0.2) is 79.1 Å². The average Bonchev–Trinajstić information content (AvgIpc) is 3.29. The van der Waals surface area contributed by atoms with Gasteiger partial charge in [-0.3, -0.25) is 0 Å². The number of nitrogens with one attached hydrogen (secondary N) is 1. The van der Waals surface area contributed by atoms with E-state index in [-0.39, 0.29) is 12.2 Å². The predicted molar refractivity (Wildman–Crippen MR) is 151 cm³/mol. The summed E-state index contributed by atoms with van der Waals surface area (Å²) < 4.78 is 10.8. The van der Waals surface area contributed by atoms with Crippen LogP contribution in [0.1, 0.15) is 48.0 Å². The molecule has 0 bridgehead atoms. The number of hydrogen-bond acceptors (Lipinski definition) is 7. The van der Waals surface area contributed by atoms with Gasteiger partial charge in [0.15, 0.2) is 0 Å². The molecule has 2 amide bonds. The summed E-state index contributed by atoms with van der Waals surface area (Å²) >= 11 is 6.70. The van der Waals surface area contributed by atoms with E-state index in [4.69, 9.17) is 26.1 Å². The summed E-state index contributed by atoms with van der Waals surface area (Å²) in [4.78, 5) is 35.4. The lowest BCUT2D eigenvalue weighted by Crippen LogP contribution is -2.50. The fourth-order valence-corrected chi connectivity index (χ4v) is 5.03. The highest BCUT2D eigenvalue weighted by Gasteiger charge is 2.28. The van der Waals surface area contributed by atoms with Crippen molar-refractivity contribution in [2.45, 2.75) is 59.2 Å². The second-order valence-corrected chi connectivity index (χ2v) is 12.5. The summed E-state index contributed by atoms with van der Waals surface area (Å²) in [5.41, 5.74) is 0.989. The number of fused-ring (bicyclic) bond motifs is 1. The highest BCUT2D eigenvalue weighted by molar-refractivity contribution is 6.33. The Hall–Kier alpha value is -2.94. The fourth-order valence-electron chi connectivity index (χ4n) is 4.75. The molecule has 2 aliphatic heterocycles. The highest BCUT2D eigenvalue weighted by Crippen LogP contribution is 2.32. The van der Waals surface area contributed by atoms with Crippen molar-refractivity contribution in [3.05, 3.63) is 29.3 Å². The number of pyridine rings is 1. The minimum absolute atomic E-state index is 0.285. The maximum Gasteiger partial charge on any atom is 0.410 e. The van der Waals surface area contributed by atoms with Crippen LogP contribution < -0.4 is 15.1 Å². The van der Waals surface area contributed by atoms with Gasteiger partial charge in [0.25, 0.3) is 0 Å². The van der Waals surface area contributed by atoms with Gasteiger partial charge in [-0.05, 0) is 78.1 Å². The van der Waals surface area contributed by atoms with E-state index < -0.39 is 11.2 Å². The fraction of sp³-hybridized carbons (Fsp3) is 0.607. The van der Waals surface area contributed by atoms with Crippen LogP contribution in [0.25, 0.3) is 10.9 Å². The van der Waals surface area contributed by atoms with Crippen molar-refractivity contribution in [1.82, 2.24) is 15.2 Å². The number of benzene rings is 1. The normalized spacial score (nSPS) is 18.6. The molecule has 1 aromatic heterocycles. The maximum atomic E-state index is 12.4. The average molecular weight is 546 g/mol. The second-order valence-electron chi connectivity index (χ2n) is 12.1. The molecule has 208 valence electrons. The third-order valence-electron chi connectivity index (χ3n) is 6.55. The van der Waals surface area contributed by atoms with Gasteiger partial charge in [0.2, 0.25) is 0 Å². The number of piperazine rings is 1. The highest BCUT2D eigenvalue weighted by atomic mass is 35.5. The molecule has 0 aliphatic carbocycles. The molecule has 2 aliphatic rings. The zero-order valence-electron chi connectivity index (χ0n) is 23.3. The lowest BCUT2D eigenvalue weighted by Gasteiger charge is -2.36. The number of nitrogens with zero attached hydrogens (tertiary/aromatic N) is 4. The van der Waals surface area contributed by atoms with Crippen molar-refractivity contribution in [2.24, 2.45) is 5.92 Å². The van der Waals surface area contributed by atoms with Crippen LogP contribution in [-0.2, 0) is 9.47 Å². The Morgan fingerprint density at radius 2 is 1.66 bits per heavy atom. The Labute approximate surface area is 230 Å². The first-order chi connectivity index (χ1) is 17.8. The summed E-state index contributed by atoms with van der Waals surface area (Å²) in [6, 6.07) is 8.23. The second kappa shape index (κ2) is 11.0. The quantitative estimate of drug-likeness (QED) is 0.558. The van der Waals surface area contributed by atoms with Crippen LogP contribution in [0, 0.1) is 5.92 Å². The molecule has 2 aromatic rings. The minimum atomic E-state index is -0.511. The molecule has 38 heavy (non-hydrogen) atoms. The van der Waals surface area contributed by atoms with Gasteiger partial charge < -0.3 is 29.5 Å². The van der Waals surface area contributed by atoms with Crippen molar-refractivity contribution in [3.8, 4) is 0 Å². The number of rotatable bonds is 4. The molecule has 1 atom stereocenters. The van der Waals surface area contributed by atoms with Gasteiger partial charge in [-0.2, -0.15) is 0 Å². The van der Waals surface area contributed by atoms with Gasteiger partial charge in [0.05, 0.1) is 10.5 Å². The van der Waals surface area contributed by atoms with Crippen LogP contribution in [0.2, 0.25) is 5.02 Å².